The van der Waals surface area contributed by atoms with Crippen molar-refractivity contribution >= 4 is 6.09 Å². The molecule has 5 nitrogen and oxygen atoms in total. The summed E-state index contributed by atoms with van der Waals surface area (Å²) in [5.74, 6) is 0. The Labute approximate surface area is 170 Å². The standard InChI is InChI=1S/C23H38N2O3/c1-22(2,3)20(25-17-11-13-23(4,5)14-12-17)19(26)18(28-21(24)27)15-16-9-7-6-8-10-16/h6-10,17-20,25-26H,11-15H2,1-5H3,(H2,24,27)/t18-,19+,20?/m0/s1. The number of primary amides is 1. The summed E-state index contributed by atoms with van der Waals surface area (Å²) in [6, 6.07) is 9.89. The van der Waals surface area contributed by atoms with Crippen molar-refractivity contribution in [3.05, 3.63) is 35.9 Å². The summed E-state index contributed by atoms with van der Waals surface area (Å²) in [5.41, 5.74) is 6.50. The zero-order chi connectivity index (χ0) is 20.9. The summed E-state index contributed by atoms with van der Waals surface area (Å²) in [7, 11) is 0. The first-order valence-corrected chi connectivity index (χ1v) is 10.4. The molecule has 0 spiro atoms. The summed E-state index contributed by atoms with van der Waals surface area (Å²) in [6.07, 6.45) is 2.53. The summed E-state index contributed by atoms with van der Waals surface area (Å²) < 4.78 is 5.36. The lowest BCUT2D eigenvalue weighted by Crippen LogP contribution is -2.58. The van der Waals surface area contributed by atoms with E-state index in [9.17, 15) is 9.90 Å². The van der Waals surface area contributed by atoms with Gasteiger partial charge in [0.2, 0.25) is 0 Å². The van der Waals surface area contributed by atoms with Crippen LogP contribution in [0.2, 0.25) is 0 Å². The van der Waals surface area contributed by atoms with Gasteiger partial charge in [0.05, 0.1) is 0 Å². The number of rotatable bonds is 7. The van der Waals surface area contributed by atoms with Gasteiger partial charge in [0.1, 0.15) is 12.2 Å². The molecule has 1 aromatic rings. The normalized spacial score (nSPS) is 20.9. The van der Waals surface area contributed by atoms with Crippen LogP contribution in [0.4, 0.5) is 4.79 Å². The number of amides is 1. The predicted octanol–water partition coefficient (Wildman–Crippen LogP) is 4.03. The van der Waals surface area contributed by atoms with Gasteiger partial charge in [0.25, 0.3) is 0 Å². The first-order chi connectivity index (χ1) is 13.0. The zero-order valence-corrected chi connectivity index (χ0v) is 18.1. The Balaban J connectivity index is 2.15. The Morgan fingerprint density at radius 2 is 1.82 bits per heavy atom. The molecule has 0 heterocycles. The second-order valence-electron chi connectivity index (χ2n) is 10.1. The van der Waals surface area contributed by atoms with Crippen LogP contribution in [0.25, 0.3) is 0 Å². The van der Waals surface area contributed by atoms with Gasteiger partial charge in [-0.15, -0.1) is 0 Å². The highest BCUT2D eigenvalue weighted by atomic mass is 16.6. The van der Waals surface area contributed by atoms with E-state index in [1.54, 1.807) is 0 Å². The van der Waals surface area contributed by atoms with Crippen LogP contribution in [0.15, 0.2) is 30.3 Å². The smallest absolute Gasteiger partial charge is 0.404 e. The third-order valence-electron chi connectivity index (χ3n) is 5.96. The number of aliphatic hydroxyl groups is 1. The molecule has 1 saturated carbocycles. The van der Waals surface area contributed by atoms with Crippen LogP contribution in [-0.2, 0) is 11.2 Å². The number of nitrogens with two attached hydrogens (primary N) is 1. The van der Waals surface area contributed by atoms with Crippen molar-refractivity contribution < 1.29 is 14.6 Å². The highest BCUT2D eigenvalue weighted by Gasteiger charge is 2.39. The fourth-order valence-electron chi connectivity index (χ4n) is 4.12. The van der Waals surface area contributed by atoms with Crippen LogP contribution < -0.4 is 11.1 Å². The molecule has 0 aromatic heterocycles. The first kappa shape index (κ1) is 22.7. The van der Waals surface area contributed by atoms with E-state index in [0.29, 0.717) is 17.9 Å². The molecular formula is C23H38N2O3. The van der Waals surface area contributed by atoms with Gasteiger partial charge in [-0.3, -0.25) is 0 Å². The van der Waals surface area contributed by atoms with Crippen molar-refractivity contribution in [2.45, 2.75) is 91.0 Å². The molecule has 4 N–H and O–H groups in total. The fourth-order valence-corrected chi connectivity index (χ4v) is 4.12. The van der Waals surface area contributed by atoms with Crippen molar-refractivity contribution in [3.63, 3.8) is 0 Å². The average Bonchev–Trinajstić information content (AvgIpc) is 2.59. The molecule has 0 bridgehead atoms. The number of nitrogens with one attached hydrogen (secondary N) is 1. The summed E-state index contributed by atoms with van der Waals surface area (Å²) in [5, 5.41) is 14.9. The Morgan fingerprint density at radius 1 is 1.25 bits per heavy atom. The molecule has 1 unspecified atom stereocenters. The number of carbonyl (C=O) groups is 1. The molecule has 1 fully saturated rings. The van der Waals surface area contributed by atoms with E-state index >= 15 is 0 Å². The number of aliphatic hydroxyl groups excluding tert-OH is 1. The fraction of sp³-hybridized carbons (Fsp3) is 0.696. The molecule has 1 aliphatic rings. The molecule has 0 aliphatic heterocycles. The molecule has 1 aromatic carbocycles. The van der Waals surface area contributed by atoms with Crippen molar-refractivity contribution in [1.29, 1.82) is 0 Å². The molecule has 158 valence electrons. The minimum atomic E-state index is -0.859. The lowest BCUT2D eigenvalue weighted by atomic mass is 9.74. The van der Waals surface area contributed by atoms with Crippen LogP contribution in [0.3, 0.4) is 0 Å². The van der Waals surface area contributed by atoms with Gasteiger partial charge in [-0.25, -0.2) is 4.79 Å². The maximum atomic E-state index is 11.5. The van der Waals surface area contributed by atoms with Gasteiger partial charge in [-0.1, -0.05) is 65.0 Å². The number of hydrogen-bond acceptors (Lipinski definition) is 4. The lowest BCUT2D eigenvalue weighted by molar-refractivity contribution is -0.0399. The molecular weight excluding hydrogens is 352 g/mol. The first-order valence-electron chi connectivity index (χ1n) is 10.4. The quantitative estimate of drug-likeness (QED) is 0.656. The summed E-state index contributed by atoms with van der Waals surface area (Å²) in [6.45, 7) is 10.9. The van der Waals surface area contributed by atoms with E-state index in [0.717, 1.165) is 18.4 Å². The van der Waals surface area contributed by atoms with Crippen LogP contribution in [0.1, 0.15) is 65.9 Å². The topological polar surface area (TPSA) is 84.6 Å². The van der Waals surface area contributed by atoms with Crippen LogP contribution in [0, 0.1) is 10.8 Å². The zero-order valence-electron chi connectivity index (χ0n) is 18.1. The molecule has 3 atom stereocenters. The second-order valence-corrected chi connectivity index (χ2v) is 10.1. The van der Waals surface area contributed by atoms with Gasteiger partial charge in [0.15, 0.2) is 0 Å². The van der Waals surface area contributed by atoms with Gasteiger partial charge in [0, 0.05) is 18.5 Å². The lowest BCUT2D eigenvalue weighted by Gasteiger charge is -2.43. The van der Waals surface area contributed by atoms with Crippen LogP contribution >= 0.6 is 0 Å². The van der Waals surface area contributed by atoms with Crippen LogP contribution in [-0.4, -0.2) is 35.5 Å². The van der Waals surface area contributed by atoms with Crippen molar-refractivity contribution in [2.75, 3.05) is 0 Å². The Hall–Kier alpha value is -1.59. The summed E-state index contributed by atoms with van der Waals surface area (Å²) in [4.78, 5) is 11.5. The number of ether oxygens (including phenoxy) is 1. The summed E-state index contributed by atoms with van der Waals surface area (Å²) >= 11 is 0. The van der Waals surface area contributed by atoms with Crippen LogP contribution in [0.5, 0.6) is 0 Å². The third-order valence-corrected chi connectivity index (χ3v) is 5.96. The average molecular weight is 391 g/mol. The van der Waals surface area contributed by atoms with Gasteiger partial charge in [-0.2, -0.15) is 0 Å². The largest absolute Gasteiger partial charge is 0.443 e. The molecule has 28 heavy (non-hydrogen) atoms. The van der Waals surface area contributed by atoms with Crippen molar-refractivity contribution in [1.82, 2.24) is 5.32 Å². The second kappa shape index (κ2) is 9.27. The predicted molar refractivity (Wildman–Crippen MR) is 113 cm³/mol. The van der Waals surface area contributed by atoms with Crippen molar-refractivity contribution in [2.24, 2.45) is 16.6 Å². The monoisotopic (exact) mass is 390 g/mol. The third kappa shape index (κ3) is 6.78. The molecule has 2 rings (SSSR count). The highest BCUT2D eigenvalue weighted by molar-refractivity contribution is 5.64. The highest BCUT2D eigenvalue weighted by Crippen LogP contribution is 2.36. The SMILES string of the molecule is CC1(C)CCC(NC([C@H](O)[C@H](Cc2ccccc2)OC(N)=O)C(C)(C)C)CC1. The molecule has 1 aliphatic carbocycles. The minimum Gasteiger partial charge on any atom is -0.443 e. The Kier molecular flexibility index (Phi) is 7.52. The van der Waals surface area contributed by atoms with Gasteiger partial charge >= 0.3 is 6.09 Å². The Bertz CT molecular complexity index is 614. The molecule has 1 amide bonds. The van der Waals surface area contributed by atoms with E-state index in [4.69, 9.17) is 10.5 Å². The van der Waals surface area contributed by atoms with E-state index in [1.807, 2.05) is 30.3 Å². The minimum absolute atomic E-state index is 0.206. The maximum Gasteiger partial charge on any atom is 0.404 e. The van der Waals surface area contributed by atoms with E-state index in [-0.39, 0.29) is 11.5 Å². The van der Waals surface area contributed by atoms with E-state index in [2.05, 4.69) is 39.9 Å². The molecule has 0 saturated heterocycles. The van der Waals surface area contributed by atoms with E-state index < -0.39 is 18.3 Å². The Morgan fingerprint density at radius 3 is 2.32 bits per heavy atom. The van der Waals surface area contributed by atoms with Gasteiger partial charge < -0.3 is 20.9 Å². The van der Waals surface area contributed by atoms with Crippen molar-refractivity contribution in [3.8, 4) is 0 Å². The maximum absolute atomic E-state index is 11.5. The molecule has 0 radical (unpaired) electrons. The van der Waals surface area contributed by atoms with Gasteiger partial charge in [-0.05, 0) is 42.1 Å². The van der Waals surface area contributed by atoms with E-state index in [1.165, 1.54) is 12.8 Å². The number of carbonyl (C=O) groups excluding carboxylic acids is 1. The number of hydrogen-bond donors (Lipinski definition) is 3. The number of benzene rings is 1. The molecule has 5 heteroatoms.